The van der Waals surface area contributed by atoms with Crippen LogP contribution < -0.4 is 10.7 Å². The van der Waals surface area contributed by atoms with Gasteiger partial charge >= 0.3 is 0 Å². The Bertz CT molecular complexity index is 828. The van der Waals surface area contributed by atoms with Crippen molar-refractivity contribution < 1.29 is 9.59 Å². The summed E-state index contributed by atoms with van der Waals surface area (Å²) in [4.78, 5) is 24.4. The largest absolute Gasteiger partial charge is 0.326 e. The molecule has 140 valence electrons. The van der Waals surface area contributed by atoms with Crippen molar-refractivity contribution in [2.24, 2.45) is 11.0 Å². The van der Waals surface area contributed by atoms with Crippen LogP contribution in [0.3, 0.4) is 0 Å². The second-order valence-electron chi connectivity index (χ2n) is 6.62. The van der Waals surface area contributed by atoms with Crippen molar-refractivity contribution >= 4 is 35.3 Å². The van der Waals surface area contributed by atoms with Crippen LogP contribution in [-0.2, 0) is 4.79 Å². The van der Waals surface area contributed by atoms with Gasteiger partial charge in [0.05, 0.1) is 6.21 Å². The van der Waals surface area contributed by atoms with Crippen molar-refractivity contribution in [3.8, 4) is 0 Å². The minimum Gasteiger partial charge on any atom is -0.326 e. The molecule has 2 amide bonds. The van der Waals surface area contributed by atoms with Crippen LogP contribution >= 0.6 is 11.6 Å². The smallest absolute Gasteiger partial charge is 0.271 e. The SMILES string of the molecule is O=C(N/N=C/c1ccccc1Cl)c1ccc(NC(=O)C2CCCCC2)cc1. The average molecular weight is 384 g/mol. The number of carbonyl (C=O) groups is 2. The Hall–Kier alpha value is -2.66. The summed E-state index contributed by atoms with van der Waals surface area (Å²) in [6, 6.07) is 14.0. The summed E-state index contributed by atoms with van der Waals surface area (Å²) in [6.45, 7) is 0. The van der Waals surface area contributed by atoms with E-state index in [0.717, 1.165) is 31.2 Å². The maximum atomic E-state index is 12.3. The second kappa shape index (κ2) is 9.33. The minimum absolute atomic E-state index is 0.0660. The summed E-state index contributed by atoms with van der Waals surface area (Å²) >= 11 is 6.03. The van der Waals surface area contributed by atoms with Crippen LogP contribution in [0.2, 0.25) is 5.02 Å². The number of hydrazone groups is 1. The van der Waals surface area contributed by atoms with Gasteiger partial charge in [-0.3, -0.25) is 9.59 Å². The highest BCUT2D eigenvalue weighted by atomic mass is 35.5. The van der Waals surface area contributed by atoms with E-state index < -0.39 is 0 Å². The molecule has 0 aromatic heterocycles. The molecule has 27 heavy (non-hydrogen) atoms. The van der Waals surface area contributed by atoms with Gasteiger partial charge in [0.1, 0.15) is 0 Å². The highest BCUT2D eigenvalue weighted by Gasteiger charge is 2.21. The van der Waals surface area contributed by atoms with Gasteiger partial charge in [-0.25, -0.2) is 5.43 Å². The lowest BCUT2D eigenvalue weighted by atomic mass is 9.88. The predicted molar refractivity (Wildman–Crippen MR) is 108 cm³/mol. The molecule has 0 saturated heterocycles. The van der Waals surface area contributed by atoms with Crippen molar-refractivity contribution in [1.82, 2.24) is 5.43 Å². The van der Waals surface area contributed by atoms with Crippen LogP contribution in [0.4, 0.5) is 5.69 Å². The maximum Gasteiger partial charge on any atom is 0.271 e. The number of benzene rings is 2. The lowest BCUT2D eigenvalue weighted by Gasteiger charge is -2.20. The molecule has 0 atom stereocenters. The zero-order chi connectivity index (χ0) is 19.1. The summed E-state index contributed by atoms with van der Waals surface area (Å²) in [5, 5.41) is 7.43. The standard InChI is InChI=1S/C21H22ClN3O2/c22-19-9-5-4-8-17(19)14-23-25-21(27)16-10-12-18(13-11-16)24-20(26)15-6-2-1-3-7-15/h4-5,8-15H,1-3,6-7H2,(H,24,26)(H,25,27)/b23-14+. The van der Waals surface area contributed by atoms with Crippen molar-refractivity contribution in [2.75, 3.05) is 5.32 Å². The van der Waals surface area contributed by atoms with Crippen LogP contribution in [0.25, 0.3) is 0 Å². The van der Waals surface area contributed by atoms with E-state index in [9.17, 15) is 9.59 Å². The van der Waals surface area contributed by atoms with Gasteiger partial charge in [0.15, 0.2) is 0 Å². The number of halogens is 1. The summed E-state index contributed by atoms with van der Waals surface area (Å²) < 4.78 is 0. The summed E-state index contributed by atoms with van der Waals surface area (Å²) in [7, 11) is 0. The van der Waals surface area contributed by atoms with E-state index >= 15 is 0 Å². The van der Waals surface area contributed by atoms with Gasteiger partial charge in [-0.2, -0.15) is 5.10 Å². The molecule has 5 nitrogen and oxygen atoms in total. The fourth-order valence-electron chi connectivity index (χ4n) is 3.12. The van der Waals surface area contributed by atoms with E-state index in [4.69, 9.17) is 11.6 Å². The second-order valence-corrected chi connectivity index (χ2v) is 7.03. The quantitative estimate of drug-likeness (QED) is 0.584. The molecule has 2 aromatic carbocycles. The number of carbonyl (C=O) groups excluding carboxylic acids is 2. The molecule has 1 aliphatic carbocycles. The van der Waals surface area contributed by atoms with Crippen LogP contribution in [0.5, 0.6) is 0 Å². The Morgan fingerprint density at radius 1 is 1.00 bits per heavy atom. The molecule has 6 heteroatoms. The van der Waals surface area contributed by atoms with Crippen molar-refractivity contribution in [3.63, 3.8) is 0 Å². The van der Waals surface area contributed by atoms with Gasteiger partial charge < -0.3 is 5.32 Å². The summed E-state index contributed by atoms with van der Waals surface area (Å²) in [5.74, 6) is -0.166. The molecule has 0 unspecified atom stereocenters. The maximum absolute atomic E-state index is 12.3. The van der Waals surface area contributed by atoms with E-state index in [2.05, 4.69) is 15.8 Å². The molecule has 0 bridgehead atoms. The molecule has 3 rings (SSSR count). The van der Waals surface area contributed by atoms with Gasteiger partial charge in [-0.15, -0.1) is 0 Å². The third-order valence-corrected chi connectivity index (χ3v) is 5.01. The Balaban J connectivity index is 1.54. The van der Waals surface area contributed by atoms with Gasteiger partial charge in [-0.1, -0.05) is 49.1 Å². The zero-order valence-electron chi connectivity index (χ0n) is 15.0. The first-order valence-electron chi connectivity index (χ1n) is 9.12. The molecule has 1 aliphatic rings. The van der Waals surface area contributed by atoms with Gasteiger partial charge in [0.2, 0.25) is 5.91 Å². The fraction of sp³-hybridized carbons (Fsp3) is 0.286. The third-order valence-electron chi connectivity index (χ3n) is 4.67. The number of hydrogen-bond acceptors (Lipinski definition) is 3. The van der Waals surface area contributed by atoms with Crippen molar-refractivity contribution in [3.05, 3.63) is 64.7 Å². The lowest BCUT2D eigenvalue weighted by molar-refractivity contribution is -0.120. The number of rotatable bonds is 5. The topological polar surface area (TPSA) is 70.6 Å². The van der Waals surface area contributed by atoms with Crippen LogP contribution in [0.15, 0.2) is 53.6 Å². The number of nitrogens with zero attached hydrogens (tertiary/aromatic N) is 1. The molecule has 1 saturated carbocycles. The third kappa shape index (κ3) is 5.41. The van der Waals surface area contributed by atoms with Gasteiger partial charge in [0.25, 0.3) is 5.91 Å². The highest BCUT2D eigenvalue weighted by molar-refractivity contribution is 6.33. The van der Waals surface area contributed by atoms with E-state index in [1.165, 1.54) is 12.6 Å². The van der Waals surface area contributed by atoms with Gasteiger partial charge in [-0.05, 0) is 43.2 Å². The molecule has 0 radical (unpaired) electrons. The number of nitrogens with one attached hydrogen (secondary N) is 2. The normalized spacial score (nSPS) is 14.9. The van der Waals surface area contributed by atoms with Crippen LogP contribution in [0.1, 0.15) is 48.0 Å². The average Bonchev–Trinajstić information content (AvgIpc) is 2.70. The molecule has 0 spiro atoms. The predicted octanol–water partition coefficient (Wildman–Crippen LogP) is 4.62. The zero-order valence-corrected chi connectivity index (χ0v) is 15.7. The Labute approximate surface area is 163 Å². The monoisotopic (exact) mass is 383 g/mol. The van der Waals surface area contributed by atoms with Crippen LogP contribution in [0, 0.1) is 5.92 Å². The molecule has 0 heterocycles. The van der Waals surface area contributed by atoms with Crippen molar-refractivity contribution in [1.29, 1.82) is 0 Å². The van der Waals surface area contributed by atoms with E-state index in [1.807, 2.05) is 18.2 Å². The summed E-state index contributed by atoms with van der Waals surface area (Å²) in [5.41, 5.74) is 4.35. The Morgan fingerprint density at radius 3 is 2.41 bits per heavy atom. The van der Waals surface area contributed by atoms with E-state index in [1.54, 1.807) is 30.3 Å². The minimum atomic E-state index is -0.330. The fourth-order valence-corrected chi connectivity index (χ4v) is 3.30. The first-order valence-corrected chi connectivity index (χ1v) is 9.50. The lowest BCUT2D eigenvalue weighted by Crippen LogP contribution is -2.24. The Kier molecular flexibility index (Phi) is 6.60. The van der Waals surface area contributed by atoms with Crippen LogP contribution in [-0.4, -0.2) is 18.0 Å². The van der Waals surface area contributed by atoms with E-state index in [-0.39, 0.29) is 17.7 Å². The molecular weight excluding hydrogens is 362 g/mol. The van der Waals surface area contributed by atoms with Gasteiger partial charge in [0, 0.05) is 27.8 Å². The Morgan fingerprint density at radius 2 is 1.70 bits per heavy atom. The number of anilines is 1. The molecule has 1 fully saturated rings. The van der Waals surface area contributed by atoms with Crippen molar-refractivity contribution in [2.45, 2.75) is 32.1 Å². The van der Waals surface area contributed by atoms with E-state index in [0.29, 0.717) is 16.3 Å². The highest BCUT2D eigenvalue weighted by Crippen LogP contribution is 2.25. The first kappa shape index (κ1) is 19.1. The number of amides is 2. The summed E-state index contributed by atoms with van der Waals surface area (Å²) in [6.07, 6.45) is 6.86. The molecule has 2 N–H and O–H groups in total. The first-order chi connectivity index (χ1) is 13.1. The molecular formula is C21H22ClN3O2. The molecule has 2 aromatic rings. The molecule has 0 aliphatic heterocycles. The number of hydrogen-bond donors (Lipinski definition) is 2.